The van der Waals surface area contributed by atoms with Gasteiger partial charge in [0.2, 0.25) is 5.91 Å². The van der Waals surface area contributed by atoms with E-state index in [9.17, 15) is 23.1 Å². The minimum Gasteiger partial charge on any atom is -0.493 e. The van der Waals surface area contributed by atoms with Crippen LogP contribution in [0.4, 0.5) is 13.2 Å². The summed E-state index contributed by atoms with van der Waals surface area (Å²) in [7, 11) is 1.43. The first kappa shape index (κ1) is 24.7. The summed E-state index contributed by atoms with van der Waals surface area (Å²) >= 11 is 0. The van der Waals surface area contributed by atoms with Gasteiger partial charge < -0.3 is 25.0 Å². The molecule has 2 heterocycles. The number of carbonyl (C=O) groups is 1. The summed E-state index contributed by atoms with van der Waals surface area (Å²) in [5.41, 5.74) is 1.05. The van der Waals surface area contributed by atoms with E-state index in [1.54, 1.807) is 18.2 Å². The number of aliphatic imine (C=N–C) groups is 1. The molecule has 1 amide bonds. The van der Waals surface area contributed by atoms with Crippen molar-refractivity contribution >= 4 is 11.7 Å². The van der Waals surface area contributed by atoms with Gasteiger partial charge in [-0.3, -0.25) is 9.79 Å². The quantitative estimate of drug-likeness (QED) is 0.528. The zero-order valence-electron chi connectivity index (χ0n) is 18.9. The molecule has 0 saturated carbocycles. The second-order valence-corrected chi connectivity index (χ2v) is 8.38. The smallest absolute Gasteiger partial charge is 0.416 e. The van der Waals surface area contributed by atoms with E-state index in [0.717, 1.165) is 17.2 Å². The maximum Gasteiger partial charge on any atom is 0.416 e. The van der Waals surface area contributed by atoms with Crippen molar-refractivity contribution in [3.63, 3.8) is 0 Å². The van der Waals surface area contributed by atoms with E-state index in [2.05, 4.69) is 10.3 Å². The molecule has 7 nitrogen and oxygen atoms in total. The molecule has 4 rings (SSSR count). The highest BCUT2D eigenvalue weighted by Crippen LogP contribution is 2.39. The van der Waals surface area contributed by atoms with E-state index >= 15 is 0 Å². The summed E-state index contributed by atoms with van der Waals surface area (Å²) in [4.78, 5) is 16.4. The lowest BCUT2D eigenvalue weighted by atomic mass is 9.85. The van der Waals surface area contributed by atoms with Gasteiger partial charge in [0.05, 0.1) is 31.9 Å². The Morgan fingerprint density at radius 1 is 1.20 bits per heavy atom. The highest BCUT2D eigenvalue weighted by molar-refractivity contribution is 6.12. The Kier molecular flexibility index (Phi) is 7.13. The first-order chi connectivity index (χ1) is 16.7. The third-order valence-corrected chi connectivity index (χ3v) is 5.99. The van der Waals surface area contributed by atoms with E-state index in [1.807, 2.05) is 6.08 Å². The average Bonchev–Trinajstić information content (AvgIpc) is 3.30. The third kappa shape index (κ3) is 5.49. The molecule has 0 aromatic heterocycles. The molecular weight excluding hydrogens is 465 g/mol. The lowest BCUT2D eigenvalue weighted by molar-refractivity contribution is -0.138. The van der Waals surface area contributed by atoms with Crippen molar-refractivity contribution < 1.29 is 37.7 Å². The predicted octanol–water partition coefficient (Wildman–Crippen LogP) is 3.13. The van der Waals surface area contributed by atoms with Crippen LogP contribution in [0, 0.1) is 0 Å². The molecule has 2 unspecified atom stereocenters. The van der Waals surface area contributed by atoms with Gasteiger partial charge in [-0.25, -0.2) is 0 Å². The number of hydrogen-bond acceptors (Lipinski definition) is 6. The molecule has 3 N–H and O–H groups in total. The second-order valence-electron chi connectivity index (χ2n) is 8.38. The topological polar surface area (TPSA) is 100 Å². The van der Waals surface area contributed by atoms with Crippen molar-refractivity contribution in [2.45, 2.75) is 37.6 Å². The minimum absolute atomic E-state index is 0.0771. The molecule has 1 fully saturated rings. The molecule has 2 aromatic carbocycles. The number of methoxy groups -OCH3 is 1. The van der Waals surface area contributed by atoms with Crippen LogP contribution in [0.25, 0.3) is 0 Å². The third-order valence-electron chi connectivity index (χ3n) is 5.99. The van der Waals surface area contributed by atoms with Crippen molar-refractivity contribution in [2.75, 3.05) is 20.3 Å². The second kappa shape index (κ2) is 10.1. The normalized spacial score (nSPS) is 18.3. The largest absolute Gasteiger partial charge is 0.493 e. The summed E-state index contributed by atoms with van der Waals surface area (Å²) in [6.07, 6.45) is -3.65. The monoisotopic (exact) mass is 490 g/mol. The van der Waals surface area contributed by atoms with Crippen LogP contribution < -0.4 is 14.8 Å². The molecule has 2 atom stereocenters. The zero-order chi connectivity index (χ0) is 25.2. The Morgan fingerprint density at radius 2 is 2.00 bits per heavy atom. The minimum atomic E-state index is -4.62. The fourth-order valence-corrected chi connectivity index (χ4v) is 4.27. The zero-order valence-corrected chi connectivity index (χ0v) is 18.9. The first-order valence-corrected chi connectivity index (χ1v) is 11.0. The van der Waals surface area contributed by atoms with Crippen LogP contribution in [0.3, 0.4) is 0 Å². The molecule has 35 heavy (non-hydrogen) atoms. The van der Waals surface area contributed by atoms with Crippen LogP contribution in [-0.2, 0) is 24.0 Å². The molecule has 1 saturated heterocycles. The molecule has 10 heteroatoms. The van der Waals surface area contributed by atoms with Crippen molar-refractivity contribution in [3.8, 4) is 11.5 Å². The van der Waals surface area contributed by atoms with Gasteiger partial charge >= 0.3 is 6.18 Å². The van der Waals surface area contributed by atoms with E-state index in [4.69, 9.17) is 14.6 Å². The van der Waals surface area contributed by atoms with E-state index in [-0.39, 0.29) is 48.2 Å². The molecule has 186 valence electrons. The molecular formula is C25H25F3N2O5. The number of halogens is 3. The van der Waals surface area contributed by atoms with Gasteiger partial charge in [0.1, 0.15) is 12.4 Å². The number of carbonyl (C=O) groups excluding carboxylic acids is 1. The lowest BCUT2D eigenvalue weighted by Crippen LogP contribution is -2.38. The van der Waals surface area contributed by atoms with Gasteiger partial charge in [-0.1, -0.05) is 24.3 Å². The fraction of sp³-hybridized carbons (Fsp3) is 0.360. The van der Waals surface area contributed by atoms with Crippen molar-refractivity contribution in [1.29, 1.82) is 0 Å². The summed E-state index contributed by atoms with van der Waals surface area (Å²) in [5.74, 6) is 0.828. The fourth-order valence-electron chi connectivity index (χ4n) is 4.27. The predicted molar refractivity (Wildman–Crippen MR) is 121 cm³/mol. The van der Waals surface area contributed by atoms with Gasteiger partial charge in [0, 0.05) is 29.9 Å². The van der Waals surface area contributed by atoms with Crippen LogP contribution in [0.15, 0.2) is 53.0 Å². The van der Waals surface area contributed by atoms with Gasteiger partial charge in [-0.05, 0) is 29.3 Å². The van der Waals surface area contributed by atoms with Crippen LogP contribution in [0.5, 0.6) is 11.5 Å². The molecule has 2 aromatic rings. The maximum absolute atomic E-state index is 13.7. The SMILES string of the molecule is COc1cc(C2CC(=O)NC3=NCC=C32)ccc1OCc1ccc(CC(O)CO)cc1C(F)(F)F. The number of nitrogens with one attached hydrogen (secondary N) is 1. The molecule has 0 bridgehead atoms. The Hall–Kier alpha value is -3.37. The van der Waals surface area contributed by atoms with Crippen molar-refractivity contribution in [1.82, 2.24) is 5.32 Å². The summed E-state index contributed by atoms with van der Waals surface area (Å²) < 4.78 is 52.2. The molecule has 0 aliphatic carbocycles. The number of fused-ring (bicyclic) bond motifs is 1. The number of rotatable bonds is 8. The highest BCUT2D eigenvalue weighted by atomic mass is 19.4. The number of amidine groups is 1. The Morgan fingerprint density at radius 3 is 2.71 bits per heavy atom. The maximum atomic E-state index is 13.7. The van der Waals surface area contributed by atoms with Gasteiger partial charge in [0.25, 0.3) is 0 Å². The average molecular weight is 490 g/mol. The number of piperidine rings is 1. The Labute approximate surface area is 199 Å². The standard InChI is InChI=1S/C25H25F3N2O5/c1-34-22-10-15(19-11-23(33)30-24-18(19)6-7-29-24)4-5-21(22)35-13-16-3-2-14(8-17(32)12-31)9-20(16)25(26,27)28/h2-6,9-10,17,19,31-32H,7-8,11-13H2,1H3,(H,29,30,33). The highest BCUT2D eigenvalue weighted by Gasteiger charge is 2.34. The number of aliphatic hydroxyl groups excluding tert-OH is 2. The molecule has 2 aliphatic rings. The lowest BCUT2D eigenvalue weighted by Gasteiger charge is -2.26. The van der Waals surface area contributed by atoms with Crippen molar-refractivity contribution in [2.24, 2.45) is 4.99 Å². The van der Waals surface area contributed by atoms with Crippen molar-refractivity contribution in [3.05, 3.63) is 70.3 Å². The number of amides is 1. The van der Waals surface area contributed by atoms with Crippen LogP contribution >= 0.6 is 0 Å². The number of hydrogen-bond donors (Lipinski definition) is 3. The van der Waals surface area contributed by atoms with E-state index in [0.29, 0.717) is 18.1 Å². The summed E-state index contributed by atoms with van der Waals surface area (Å²) in [5, 5.41) is 21.3. The number of benzene rings is 2. The van der Waals surface area contributed by atoms with E-state index in [1.165, 1.54) is 19.2 Å². The number of aliphatic hydroxyl groups is 2. The summed E-state index contributed by atoms with van der Waals surface area (Å²) in [6, 6.07) is 8.83. The molecule has 0 spiro atoms. The van der Waals surface area contributed by atoms with Gasteiger partial charge in [0.15, 0.2) is 11.5 Å². The Bertz CT molecular complexity index is 1180. The van der Waals surface area contributed by atoms with Crippen LogP contribution in [0.2, 0.25) is 0 Å². The summed E-state index contributed by atoms with van der Waals surface area (Å²) in [6.45, 7) is -0.404. The van der Waals surface area contributed by atoms with Crippen LogP contribution in [-0.4, -0.2) is 48.3 Å². The first-order valence-electron chi connectivity index (χ1n) is 11.0. The van der Waals surface area contributed by atoms with Crippen LogP contribution in [0.1, 0.15) is 34.6 Å². The number of nitrogens with zero attached hydrogens (tertiary/aromatic N) is 1. The molecule has 2 aliphatic heterocycles. The van der Waals surface area contributed by atoms with Gasteiger partial charge in [-0.15, -0.1) is 0 Å². The van der Waals surface area contributed by atoms with E-state index < -0.39 is 24.5 Å². The Balaban J connectivity index is 1.55. The molecule has 0 radical (unpaired) electrons. The number of ether oxygens (including phenoxy) is 2. The number of alkyl halides is 3. The van der Waals surface area contributed by atoms with Gasteiger partial charge in [-0.2, -0.15) is 13.2 Å².